The number of aryl methyl sites for hydroxylation is 3. The van der Waals surface area contributed by atoms with Crippen LogP contribution in [0, 0.1) is 13.8 Å². The van der Waals surface area contributed by atoms with Crippen molar-refractivity contribution in [2.24, 2.45) is 7.05 Å². The predicted octanol–water partition coefficient (Wildman–Crippen LogP) is 2.11. The Morgan fingerprint density at radius 1 is 1.12 bits per heavy atom. The highest BCUT2D eigenvalue weighted by molar-refractivity contribution is 5.21. The highest BCUT2D eigenvalue weighted by Gasteiger charge is 2.27. The van der Waals surface area contributed by atoms with Crippen molar-refractivity contribution in [3.63, 3.8) is 0 Å². The van der Waals surface area contributed by atoms with Gasteiger partial charge in [-0.15, -0.1) is 0 Å². The lowest BCUT2D eigenvalue weighted by Gasteiger charge is -2.41. The van der Waals surface area contributed by atoms with Crippen molar-refractivity contribution < 1.29 is 5.11 Å². The molecular formula is C20H30N4O. The molecule has 1 saturated heterocycles. The Morgan fingerprint density at radius 3 is 2.52 bits per heavy atom. The van der Waals surface area contributed by atoms with Gasteiger partial charge in [-0.25, -0.2) is 0 Å². The Kier molecular flexibility index (Phi) is 5.89. The minimum Gasteiger partial charge on any atom is -0.396 e. The number of piperazine rings is 1. The van der Waals surface area contributed by atoms with E-state index >= 15 is 0 Å². The molecule has 5 heteroatoms. The first kappa shape index (κ1) is 18.1. The van der Waals surface area contributed by atoms with Crippen LogP contribution in [0.4, 0.5) is 0 Å². The van der Waals surface area contributed by atoms with Crippen LogP contribution in [0.1, 0.15) is 28.8 Å². The van der Waals surface area contributed by atoms with Crippen LogP contribution < -0.4 is 0 Å². The smallest absolute Gasteiger partial charge is 0.0638 e. The molecule has 0 radical (unpaired) electrons. The molecule has 1 aromatic heterocycles. The van der Waals surface area contributed by atoms with Crippen LogP contribution >= 0.6 is 0 Å². The van der Waals surface area contributed by atoms with Gasteiger partial charge in [0.15, 0.2) is 0 Å². The molecule has 1 aliphatic heterocycles. The van der Waals surface area contributed by atoms with Gasteiger partial charge >= 0.3 is 0 Å². The summed E-state index contributed by atoms with van der Waals surface area (Å²) < 4.78 is 1.89. The minimum atomic E-state index is 0.245. The van der Waals surface area contributed by atoms with Gasteiger partial charge in [0, 0.05) is 64.2 Å². The summed E-state index contributed by atoms with van der Waals surface area (Å²) >= 11 is 0. The second-order valence-electron chi connectivity index (χ2n) is 7.27. The quantitative estimate of drug-likeness (QED) is 0.873. The molecule has 0 unspecified atom stereocenters. The van der Waals surface area contributed by atoms with Gasteiger partial charge in [0.05, 0.1) is 5.69 Å². The molecule has 0 saturated carbocycles. The van der Waals surface area contributed by atoms with Crippen LogP contribution in [-0.4, -0.2) is 57.0 Å². The van der Waals surface area contributed by atoms with E-state index in [-0.39, 0.29) is 6.61 Å². The summed E-state index contributed by atoms with van der Waals surface area (Å²) in [5.41, 5.74) is 5.07. The molecule has 1 atom stereocenters. The lowest BCUT2D eigenvalue weighted by molar-refractivity contribution is 0.0499. The van der Waals surface area contributed by atoms with Crippen molar-refractivity contribution in [3.05, 3.63) is 52.8 Å². The van der Waals surface area contributed by atoms with Crippen LogP contribution in [-0.2, 0) is 20.1 Å². The molecular weight excluding hydrogens is 312 g/mol. The van der Waals surface area contributed by atoms with E-state index in [4.69, 9.17) is 0 Å². The molecule has 1 aliphatic rings. The number of rotatable bonds is 6. The molecule has 0 bridgehead atoms. The molecule has 0 spiro atoms. The molecule has 1 aromatic carbocycles. The normalized spacial score (nSPS) is 19.4. The lowest BCUT2D eigenvalue weighted by atomic mass is 10.1. The highest BCUT2D eigenvalue weighted by atomic mass is 16.3. The van der Waals surface area contributed by atoms with Crippen LogP contribution in [0.5, 0.6) is 0 Å². The first-order chi connectivity index (χ1) is 12.0. The molecule has 136 valence electrons. The van der Waals surface area contributed by atoms with Gasteiger partial charge in [0.1, 0.15) is 0 Å². The Labute approximate surface area is 150 Å². The summed E-state index contributed by atoms with van der Waals surface area (Å²) in [6.07, 6.45) is 2.95. The molecule has 0 aliphatic carbocycles. The fourth-order valence-corrected chi connectivity index (χ4v) is 3.70. The molecule has 0 amide bonds. The second kappa shape index (κ2) is 8.13. The summed E-state index contributed by atoms with van der Waals surface area (Å²) in [6, 6.07) is 9.19. The third-order valence-corrected chi connectivity index (χ3v) is 5.17. The van der Waals surface area contributed by atoms with Crippen molar-refractivity contribution in [1.82, 2.24) is 19.6 Å². The number of nitrogens with zero attached hydrogens (tertiary/aromatic N) is 4. The number of hydrogen-bond acceptors (Lipinski definition) is 4. The van der Waals surface area contributed by atoms with Crippen LogP contribution in [0.3, 0.4) is 0 Å². The molecule has 3 rings (SSSR count). The summed E-state index contributed by atoms with van der Waals surface area (Å²) in [5, 5.41) is 14.0. The van der Waals surface area contributed by atoms with E-state index in [1.54, 1.807) is 0 Å². The zero-order valence-electron chi connectivity index (χ0n) is 15.6. The second-order valence-corrected chi connectivity index (χ2v) is 7.27. The molecule has 25 heavy (non-hydrogen) atoms. The third kappa shape index (κ3) is 4.69. The van der Waals surface area contributed by atoms with Gasteiger partial charge in [0.2, 0.25) is 0 Å². The van der Waals surface area contributed by atoms with Crippen LogP contribution in [0.2, 0.25) is 0 Å². The summed E-state index contributed by atoms with van der Waals surface area (Å²) in [7, 11) is 1.98. The maximum Gasteiger partial charge on any atom is 0.0638 e. The van der Waals surface area contributed by atoms with Crippen molar-refractivity contribution in [2.45, 2.75) is 39.4 Å². The Morgan fingerprint density at radius 2 is 1.88 bits per heavy atom. The van der Waals surface area contributed by atoms with E-state index in [1.165, 1.54) is 16.7 Å². The number of aliphatic hydroxyl groups is 1. The van der Waals surface area contributed by atoms with Crippen molar-refractivity contribution in [1.29, 1.82) is 0 Å². The fraction of sp³-hybridized carbons (Fsp3) is 0.550. The van der Waals surface area contributed by atoms with Gasteiger partial charge in [-0.2, -0.15) is 5.10 Å². The summed E-state index contributed by atoms with van der Waals surface area (Å²) in [4.78, 5) is 5.02. The molecule has 2 heterocycles. The molecule has 5 nitrogen and oxygen atoms in total. The van der Waals surface area contributed by atoms with Gasteiger partial charge in [-0.1, -0.05) is 29.8 Å². The predicted molar refractivity (Wildman–Crippen MR) is 100 cm³/mol. The number of benzene rings is 1. The topological polar surface area (TPSA) is 44.5 Å². The fourth-order valence-electron chi connectivity index (χ4n) is 3.70. The number of aliphatic hydroxyl groups excluding tert-OH is 1. The minimum absolute atomic E-state index is 0.245. The van der Waals surface area contributed by atoms with E-state index in [0.29, 0.717) is 6.04 Å². The van der Waals surface area contributed by atoms with Gasteiger partial charge in [-0.05, 0) is 25.8 Å². The van der Waals surface area contributed by atoms with Gasteiger partial charge < -0.3 is 5.11 Å². The zero-order chi connectivity index (χ0) is 17.8. The largest absolute Gasteiger partial charge is 0.396 e. The van der Waals surface area contributed by atoms with Crippen molar-refractivity contribution >= 4 is 0 Å². The number of hydrogen-bond donors (Lipinski definition) is 1. The average Bonchev–Trinajstić information content (AvgIpc) is 2.89. The third-order valence-electron chi connectivity index (χ3n) is 5.17. The van der Waals surface area contributed by atoms with E-state index < -0.39 is 0 Å². The van der Waals surface area contributed by atoms with Gasteiger partial charge in [-0.3, -0.25) is 14.5 Å². The van der Waals surface area contributed by atoms with E-state index in [1.807, 2.05) is 11.7 Å². The number of aromatic nitrogens is 2. The van der Waals surface area contributed by atoms with E-state index in [9.17, 15) is 5.11 Å². The average molecular weight is 342 g/mol. The molecule has 1 N–H and O–H groups in total. The maximum atomic E-state index is 9.50. The molecule has 1 fully saturated rings. The Bertz CT molecular complexity index is 680. The highest BCUT2D eigenvalue weighted by Crippen LogP contribution is 2.19. The maximum absolute atomic E-state index is 9.50. The SMILES string of the molecule is Cc1ccc(CN2CCN(Cc3cn(C)nc3C)C[C@H]2CCO)cc1. The first-order valence-electron chi connectivity index (χ1n) is 9.17. The summed E-state index contributed by atoms with van der Waals surface area (Å²) in [5.74, 6) is 0. The first-order valence-corrected chi connectivity index (χ1v) is 9.17. The zero-order valence-corrected chi connectivity index (χ0v) is 15.6. The van der Waals surface area contributed by atoms with Crippen molar-refractivity contribution in [2.75, 3.05) is 26.2 Å². The monoisotopic (exact) mass is 342 g/mol. The Balaban J connectivity index is 1.63. The van der Waals surface area contributed by atoms with Gasteiger partial charge in [0.25, 0.3) is 0 Å². The lowest BCUT2D eigenvalue weighted by Crippen LogP contribution is -2.52. The van der Waals surface area contributed by atoms with Crippen LogP contribution in [0.15, 0.2) is 30.5 Å². The van der Waals surface area contributed by atoms with Crippen LogP contribution in [0.25, 0.3) is 0 Å². The summed E-state index contributed by atoms with van der Waals surface area (Å²) in [6.45, 7) is 9.45. The van der Waals surface area contributed by atoms with Crippen molar-refractivity contribution in [3.8, 4) is 0 Å². The standard InChI is InChI=1S/C20H30N4O/c1-16-4-6-18(7-5-16)12-24-10-9-23(15-20(24)8-11-25)14-19-13-22(3)21-17(19)2/h4-7,13,20,25H,8-12,14-15H2,1-3H3/t20-/m1/s1. The van der Waals surface area contributed by atoms with E-state index in [0.717, 1.165) is 44.8 Å². The Hall–Kier alpha value is -1.69. The van der Waals surface area contributed by atoms with E-state index in [2.05, 4.69) is 59.2 Å². The molecule has 2 aromatic rings.